The van der Waals surface area contributed by atoms with E-state index in [2.05, 4.69) is 14.5 Å². The molecule has 0 atom stereocenters. The topological polar surface area (TPSA) is 139 Å². The van der Waals surface area contributed by atoms with Gasteiger partial charge in [0.1, 0.15) is 11.4 Å². The van der Waals surface area contributed by atoms with Crippen LogP contribution in [0.1, 0.15) is 18.9 Å². The molecule has 0 bridgehead atoms. The lowest BCUT2D eigenvalue weighted by Crippen LogP contribution is -2.03. The average molecular weight is 505 g/mol. The van der Waals surface area contributed by atoms with E-state index in [1.54, 1.807) is 37.4 Å². The molecule has 0 aliphatic heterocycles. The lowest BCUT2D eigenvalue weighted by Gasteiger charge is -2.12. The maximum atomic E-state index is 12.4. The van der Waals surface area contributed by atoms with Crippen LogP contribution in [0.3, 0.4) is 0 Å². The van der Waals surface area contributed by atoms with Crippen molar-refractivity contribution in [3.63, 3.8) is 0 Å². The number of benzene rings is 2. The molecule has 0 saturated carbocycles. The van der Waals surface area contributed by atoms with Gasteiger partial charge >= 0.3 is 7.82 Å². The van der Waals surface area contributed by atoms with Gasteiger partial charge in [-0.2, -0.15) is 0 Å². The van der Waals surface area contributed by atoms with Crippen LogP contribution in [-0.2, 0) is 18.9 Å². The van der Waals surface area contributed by atoms with Crippen molar-refractivity contribution in [1.82, 2.24) is 9.97 Å². The summed E-state index contributed by atoms with van der Waals surface area (Å²) in [5, 5.41) is 1.73. The highest BCUT2D eigenvalue weighted by Crippen LogP contribution is 2.40. The summed E-state index contributed by atoms with van der Waals surface area (Å²) in [6, 6.07) is 12.5. The number of fused-ring (bicyclic) bond motifs is 3. The highest BCUT2D eigenvalue weighted by molar-refractivity contribution is 7.91. The first-order valence-electron chi connectivity index (χ1n) is 10.7. The van der Waals surface area contributed by atoms with E-state index in [-0.39, 0.29) is 30.3 Å². The maximum Gasteiger partial charge on any atom is 0.469 e. The van der Waals surface area contributed by atoms with Crippen molar-refractivity contribution in [2.45, 2.75) is 25.2 Å². The predicted octanol–water partition coefficient (Wildman–Crippen LogP) is 4.36. The number of sulfone groups is 1. The second-order valence-corrected chi connectivity index (χ2v) is 11.4. The van der Waals surface area contributed by atoms with Crippen LogP contribution in [0.2, 0.25) is 0 Å². The smallest absolute Gasteiger partial charge is 0.469 e. The van der Waals surface area contributed by atoms with Crippen LogP contribution in [-0.4, -0.2) is 47.1 Å². The molecule has 180 valence electrons. The number of pyridine rings is 1. The standard InChI is InChI=1S/C23H25N2O7PS/c1-3-34(29,30)17-7-4-6-16(13-17)18-8-9-20(31-10-5-11-32-33(26,27)28)22-21(18)19-12-15(2)14-24-23(19)25-22/h4,6-9,12-14H,3,5,10-11H2,1-2H3,(H,24,25)(H2,26,27,28). The van der Waals surface area contributed by atoms with Crippen LogP contribution in [0.5, 0.6) is 5.75 Å². The number of ether oxygens (including phenoxy) is 1. The molecule has 0 radical (unpaired) electrons. The molecule has 0 aliphatic rings. The third-order valence-electron chi connectivity index (χ3n) is 5.39. The minimum Gasteiger partial charge on any atom is -0.491 e. The Morgan fingerprint density at radius 3 is 2.65 bits per heavy atom. The van der Waals surface area contributed by atoms with Gasteiger partial charge in [0, 0.05) is 23.4 Å². The summed E-state index contributed by atoms with van der Waals surface area (Å²) in [7, 11) is -7.88. The molecule has 0 unspecified atom stereocenters. The Labute approximate surface area is 196 Å². The van der Waals surface area contributed by atoms with E-state index in [4.69, 9.17) is 14.5 Å². The van der Waals surface area contributed by atoms with Crippen molar-refractivity contribution in [3.05, 3.63) is 54.2 Å². The first kappa shape index (κ1) is 24.4. The number of hydrogen-bond acceptors (Lipinski definition) is 6. The molecule has 2 aromatic carbocycles. The van der Waals surface area contributed by atoms with Crippen LogP contribution < -0.4 is 4.74 Å². The van der Waals surface area contributed by atoms with Gasteiger partial charge in [-0.15, -0.1) is 0 Å². The fourth-order valence-electron chi connectivity index (χ4n) is 3.77. The summed E-state index contributed by atoms with van der Waals surface area (Å²) < 4.78 is 46.1. The fraction of sp³-hybridized carbons (Fsp3) is 0.261. The van der Waals surface area contributed by atoms with E-state index in [1.165, 1.54) is 0 Å². The molecule has 9 nitrogen and oxygen atoms in total. The van der Waals surface area contributed by atoms with Gasteiger partial charge in [0.25, 0.3) is 0 Å². The zero-order chi connectivity index (χ0) is 24.5. The van der Waals surface area contributed by atoms with Gasteiger partial charge in [0.15, 0.2) is 9.84 Å². The van der Waals surface area contributed by atoms with Gasteiger partial charge in [-0.3, -0.25) is 4.52 Å². The Bertz CT molecular complexity index is 1510. The van der Waals surface area contributed by atoms with E-state index in [0.29, 0.717) is 16.9 Å². The molecule has 0 spiro atoms. The van der Waals surface area contributed by atoms with Gasteiger partial charge in [-0.1, -0.05) is 19.1 Å². The van der Waals surface area contributed by atoms with Crippen LogP contribution in [0, 0.1) is 6.92 Å². The van der Waals surface area contributed by atoms with Gasteiger partial charge < -0.3 is 19.5 Å². The number of aryl methyl sites for hydroxylation is 1. The van der Waals surface area contributed by atoms with E-state index >= 15 is 0 Å². The Hall–Kier alpha value is -2.75. The third kappa shape index (κ3) is 5.16. The molecule has 0 amide bonds. The number of nitrogens with one attached hydrogen (secondary N) is 1. The SMILES string of the molecule is CCS(=O)(=O)c1cccc(-c2ccc(OCCCOP(=O)(O)O)c3[nH]c4ncc(C)cc4c23)c1. The second kappa shape index (κ2) is 9.48. The van der Waals surface area contributed by atoms with E-state index in [9.17, 15) is 13.0 Å². The van der Waals surface area contributed by atoms with Gasteiger partial charge in [0.2, 0.25) is 0 Å². The number of aromatic amines is 1. The maximum absolute atomic E-state index is 12.4. The summed E-state index contributed by atoms with van der Waals surface area (Å²) in [6.07, 6.45) is 2.04. The van der Waals surface area contributed by atoms with E-state index in [0.717, 1.165) is 27.5 Å². The van der Waals surface area contributed by atoms with Crippen molar-refractivity contribution in [2.24, 2.45) is 0 Å². The first-order valence-corrected chi connectivity index (χ1v) is 13.8. The largest absolute Gasteiger partial charge is 0.491 e. The molecule has 0 aliphatic carbocycles. The van der Waals surface area contributed by atoms with E-state index < -0.39 is 17.7 Å². The summed E-state index contributed by atoms with van der Waals surface area (Å²) >= 11 is 0. The van der Waals surface area contributed by atoms with Crippen molar-refractivity contribution in [3.8, 4) is 16.9 Å². The van der Waals surface area contributed by atoms with Crippen molar-refractivity contribution < 1.29 is 32.0 Å². The molecular weight excluding hydrogens is 479 g/mol. The Morgan fingerprint density at radius 1 is 1.12 bits per heavy atom. The molecule has 4 aromatic rings. The third-order valence-corrected chi connectivity index (χ3v) is 7.65. The van der Waals surface area contributed by atoms with Crippen molar-refractivity contribution >= 4 is 39.6 Å². The summed E-state index contributed by atoms with van der Waals surface area (Å²) in [5.41, 5.74) is 3.93. The number of H-pyrrole nitrogens is 1. The minimum atomic E-state index is -4.51. The second-order valence-electron chi connectivity index (χ2n) is 7.85. The zero-order valence-corrected chi connectivity index (χ0v) is 20.4. The number of rotatable bonds is 9. The molecule has 0 saturated heterocycles. The fourth-order valence-corrected chi connectivity index (χ4v) is 5.07. The number of nitrogens with zero attached hydrogens (tertiary/aromatic N) is 1. The van der Waals surface area contributed by atoms with Crippen LogP contribution in [0.4, 0.5) is 0 Å². The predicted molar refractivity (Wildman–Crippen MR) is 130 cm³/mol. The highest BCUT2D eigenvalue weighted by Gasteiger charge is 2.18. The molecule has 2 aromatic heterocycles. The normalized spacial score (nSPS) is 12.5. The van der Waals surface area contributed by atoms with Gasteiger partial charge in [-0.25, -0.2) is 18.0 Å². The number of phosphoric ester groups is 1. The quantitative estimate of drug-likeness (QED) is 0.226. The molecule has 3 N–H and O–H groups in total. The summed E-state index contributed by atoms with van der Waals surface area (Å²) in [5.74, 6) is 0.559. The van der Waals surface area contributed by atoms with Gasteiger partial charge in [0.05, 0.1) is 29.4 Å². The number of hydrogen-bond donors (Lipinski definition) is 3. The number of aromatic nitrogens is 2. The van der Waals surface area contributed by atoms with Crippen molar-refractivity contribution in [1.29, 1.82) is 0 Å². The summed E-state index contributed by atoms with van der Waals surface area (Å²) in [6.45, 7) is 3.60. The molecule has 34 heavy (non-hydrogen) atoms. The lowest BCUT2D eigenvalue weighted by molar-refractivity contribution is 0.180. The van der Waals surface area contributed by atoms with Gasteiger partial charge in [-0.05, 0) is 53.9 Å². The Kier molecular flexibility index (Phi) is 6.80. The molecule has 11 heteroatoms. The van der Waals surface area contributed by atoms with Crippen LogP contribution in [0.25, 0.3) is 33.1 Å². The highest BCUT2D eigenvalue weighted by atomic mass is 32.2. The first-order chi connectivity index (χ1) is 16.1. The average Bonchev–Trinajstić information content (AvgIpc) is 3.17. The minimum absolute atomic E-state index is 0.0145. The monoisotopic (exact) mass is 504 g/mol. The Morgan fingerprint density at radius 2 is 1.91 bits per heavy atom. The molecule has 2 heterocycles. The van der Waals surface area contributed by atoms with Crippen LogP contribution >= 0.6 is 7.82 Å². The zero-order valence-electron chi connectivity index (χ0n) is 18.7. The lowest BCUT2D eigenvalue weighted by atomic mass is 9.99. The van der Waals surface area contributed by atoms with E-state index in [1.807, 2.05) is 25.1 Å². The molecule has 4 rings (SSSR count). The molecule has 0 fully saturated rings. The van der Waals surface area contributed by atoms with Crippen molar-refractivity contribution in [2.75, 3.05) is 19.0 Å². The summed E-state index contributed by atoms with van der Waals surface area (Å²) in [4.78, 5) is 25.6. The Balaban J connectivity index is 1.78. The van der Waals surface area contributed by atoms with Crippen LogP contribution in [0.15, 0.2) is 53.6 Å². The number of phosphoric acid groups is 1. The molecular formula is C23H25N2O7PS.